The van der Waals surface area contributed by atoms with Gasteiger partial charge in [0, 0.05) is 10.1 Å². The van der Waals surface area contributed by atoms with Crippen LogP contribution in [0.25, 0.3) is 10.1 Å². The Morgan fingerprint density at radius 1 is 1.24 bits per heavy atom. The molecule has 1 heterocycles. The fraction of sp³-hybridized carbons (Fsp3) is 0.0625. The lowest BCUT2D eigenvalue weighted by molar-refractivity contribution is 0.103. The van der Waals surface area contributed by atoms with Gasteiger partial charge in [0.2, 0.25) is 0 Å². The third-order valence-electron chi connectivity index (χ3n) is 3.11. The SMILES string of the molecule is Cc1ccc2c(Cl)c(C(=O)Nc3ccccc3F)sc2c1. The molecule has 0 aliphatic rings. The van der Waals surface area contributed by atoms with Crippen LogP contribution in [0.15, 0.2) is 42.5 Å². The largest absolute Gasteiger partial charge is 0.319 e. The Hall–Kier alpha value is -1.91. The zero-order valence-electron chi connectivity index (χ0n) is 11.1. The van der Waals surface area contributed by atoms with Crippen molar-refractivity contribution in [3.63, 3.8) is 0 Å². The number of thiophene rings is 1. The average Bonchev–Trinajstić information content (AvgIpc) is 2.78. The molecular weight excluding hydrogens is 309 g/mol. The van der Waals surface area contributed by atoms with Crippen LogP contribution < -0.4 is 5.32 Å². The maximum absolute atomic E-state index is 13.6. The summed E-state index contributed by atoms with van der Waals surface area (Å²) < 4.78 is 14.5. The minimum atomic E-state index is -0.473. The molecule has 0 fully saturated rings. The Morgan fingerprint density at radius 2 is 2.00 bits per heavy atom. The lowest BCUT2D eigenvalue weighted by Crippen LogP contribution is -2.11. The lowest BCUT2D eigenvalue weighted by Gasteiger charge is -2.04. The quantitative estimate of drug-likeness (QED) is 0.686. The second-order valence-corrected chi connectivity index (χ2v) is 6.11. The summed E-state index contributed by atoms with van der Waals surface area (Å²) in [5, 5.41) is 3.80. The van der Waals surface area contributed by atoms with Gasteiger partial charge in [0.15, 0.2) is 0 Å². The highest BCUT2D eigenvalue weighted by molar-refractivity contribution is 7.21. The Labute approximate surface area is 130 Å². The molecule has 0 spiro atoms. The number of aryl methyl sites for hydroxylation is 1. The van der Waals surface area contributed by atoms with Crippen molar-refractivity contribution in [2.75, 3.05) is 5.32 Å². The summed E-state index contributed by atoms with van der Waals surface area (Å²) in [7, 11) is 0. The fourth-order valence-electron chi connectivity index (χ4n) is 2.06. The van der Waals surface area contributed by atoms with E-state index in [4.69, 9.17) is 11.6 Å². The van der Waals surface area contributed by atoms with Gasteiger partial charge in [0.1, 0.15) is 10.7 Å². The molecule has 1 amide bonds. The molecule has 0 radical (unpaired) electrons. The first-order valence-corrected chi connectivity index (χ1v) is 7.50. The van der Waals surface area contributed by atoms with Crippen molar-refractivity contribution < 1.29 is 9.18 Å². The van der Waals surface area contributed by atoms with E-state index in [0.717, 1.165) is 15.6 Å². The highest BCUT2D eigenvalue weighted by Gasteiger charge is 2.18. The van der Waals surface area contributed by atoms with Crippen molar-refractivity contribution in [2.24, 2.45) is 0 Å². The first-order chi connectivity index (χ1) is 10.1. The van der Waals surface area contributed by atoms with E-state index in [2.05, 4.69) is 5.32 Å². The van der Waals surface area contributed by atoms with Gasteiger partial charge < -0.3 is 5.32 Å². The van der Waals surface area contributed by atoms with E-state index >= 15 is 0 Å². The van der Waals surface area contributed by atoms with Crippen LogP contribution in [-0.2, 0) is 0 Å². The minimum Gasteiger partial charge on any atom is -0.319 e. The third-order valence-corrected chi connectivity index (χ3v) is 4.77. The second-order valence-electron chi connectivity index (χ2n) is 4.68. The van der Waals surface area contributed by atoms with Gasteiger partial charge in [-0.25, -0.2) is 4.39 Å². The summed E-state index contributed by atoms with van der Waals surface area (Å²) in [6, 6.07) is 11.9. The lowest BCUT2D eigenvalue weighted by atomic mass is 10.2. The minimum absolute atomic E-state index is 0.146. The van der Waals surface area contributed by atoms with Crippen LogP contribution in [0.1, 0.15) is 15.2 Å². The average molecular weight is 320 g/mol. The maximum atomic E-state index is 13.6. The number of rotatable bonds is 2. The highest BCUT2D eigenvalue weighted by atomic mass is 35.5. The van der Waals surface area contributed by atoms with Crippen molar-refractivity contribution in [1.82, 2.24) is 0 Å². The van der Waals surface area contributed by atoms with Gasteiger partial charge in [-0.05, 0) is 30.7 Å². The Morgan fingerprint density at radius 3 is 2.76 bits per heavy atom. The molecule has 2 aromatic carbocycles. The molecule has 2 nitrogen and oxygen atoms in total. The number of benzene rings is 2. The molecule has 1 N–H and O–H groups in total. The third kappa shape index (κ3) is 2.64. The molecule has 0 atom stereocenters. The van der Waals surface area contributed by atoms with E-state index in [1.165, 1.54) is 23.5 Å². The summed E-state index contributed by atoms with van der Waals surface area (Å²) >= 11 is 7.57. The van der Waals surface area contributed by atoms with E-state index < -0.39 is 11.7 Å². The molecule has 0 saturated heterocycles. The molecule has 1 aromatic heterocycles. The van der Waals surface area contributed by atoms with Crippen LogP contribution >= 0.6 is 22.9 Å². The number of hydrogen-bond donors (Lipinski definition) is 1. The van der Waals surface area contributed by atoms with Crippen molar-refractivity contribution in [1.29, 1.82) is 0 Å². The van der Waals surface area contributed by atoms with Crippen LogP contribution in [0, 0.1) is 12.7 Å². The Kier molecular flexibility index (Phi) is 3.66. The second kappa shape index (κ2) is 5.47. The number of para-hydroxylation sites is 1. The van der Waals surface area contributed by atoms with Gasteiger partial charge in [-0.15, -0.1) is 11.3 Å². The first-order valence-electron chi connectivity index (χ1n) is 6.31. The predicted molar refractivity (Wildman–Crippen MR) is 85.9 cm³/mol. The number of hydrogen-bond acceptors (Lipinski definition) is 2. The molecule has 21 heavy (non-hydrogen) atoms. The number of halogens is 2. The van der Waals surface area contributed by atoms with Gasteiger partial charge in [0.25, 0.3) is 5.91 Å². The van der Waals surface area contributed by atoms with Gasteiger partial charge >= 0.3 is 0 Å². The molecule has 0 saturated carbocycles. The summed E-state index contributed by atoms with van der Waals surface area (Å²) in [6.07, 6.45) is 0. The maximum Gasteiger partial charge on any atom is 0.267 e. The fourth-order valence-corrected chi connectivity index (χ4v) is 3.57. The Bertz CT molecular complexity index is 843. The molecule has 106 valence electrons. The monoisotopic (exact) mass is 319 g/mol. The van der Waals surface area contributed by atoms with E-state index in [9.17, 15) is 9.18 Å². The number of fused-ring (bicyclic) bond motifs is 1. The topological polar surface area (TPSA) is 29.1 Å². The van der Waals surface area contributed by atoms with Crippen molar-refractivity contribution in [2.45, 2.75) is 6.92 Å². The van der Waals surface area contributed by atoms with Crippen molar-refractivity contribution in [3.8, 4) is 0 Å². The zero-order chi connectivity index (χ0) is 15.0. The number of anilines is 1. The molecule has 3 rings (SSSR count). The number of carbonyl (C=O) groups excluding carboxylic acids is 1. The first kappa shape index (κ1) is 14.0. The highest BCUT2D eigenvalue weighted by Crippen LogP contribution is 2.36. The predicted octanol–water partition coefficient (Wildman–Crippen LogP) is 5.25. The number of nitrogens with one attached hydrogen (secondary N) is 1. The van der Waals surface area contributed by atoms with Crippen LogP contribution in [0.4, 0.5) is 10.1 Å². The van der Waals surface area contributed by atoms with Crippen LogP contribution in [0.2, 0.25) is 5.02 Å². The van der Waals surface area contributed by atoms with Gasteiger partial charge in [0.05, 0.1) is 10.7 Å². The smallest absolute Gasteiger partial charge is 0.267 e. The molecule has 0 unspecified atom stereocenters. The van der Waals surface area contributed by atoms with E-state index in [1.54, 1.807) is 12.1 Å². The molecule has 0 aliphatic carbocycles. The van der Waals surface area contributed by atoms with Gasteiger partial charge in [-0.1, -0.05) is 35.9 Å². The standard InChI is InChI=1S/C16H11ClFNOS/c1-9-6-7-10-13(8-9)21-15(14(10)17)16(20)19-12-5-3-2-4-11(12)18/h2-8H,1H3,(H,19,20). The summed E-state index contributed by atoms with van der Waals surface area (Å²) in [6.45, 7) is 1.98. The number of carbonyl (C=O) groups is 1. The normalized spacial score (nSPS) is 10.8. The van der Waals surface area contributed by atoms with E-state index in [-0.39, 0.29) is 5.69 Å². The van der Waals surface area contributed by atoms with E-state index in [0.29, 0.717) is 9.90 Å². The van der Waals surface area contributed by atoms with Crippen molar-refractivity contribution >= 4 is 44.6 Å². The van der Waals surface area contributed by atoms with Crippen LogP contribution in [-0.4, -0.2) is 5.91 Å². The van der Waals surface area contributed by atoms with Crippen LogP contribution in [0.5, 0.6) is 0 Å². The van der Waals surface area contributed by atoms with Crippen molar-refractivity contribution in [3.05, 3.63) is 63.7 Å². The molecule has 0 aliphatic heterocycles. The molecule has 0 bridgehead atoms. The summed E-state index contributed by atoms with van der Waals surface area (Å²) in [4.78, 5) is 12.7. The number of amides is 1. The zero-order valence-corrected chi connectivity index (χ0v) is 12.7. The molecule has 3 aromatic rings. The summed E-state index contributed by atoms with van der Waals surface area (Å²) in [5.74, 6) is -0.872. The molecule has 5 heteroatoms. The Balaban J connectivity index is 1.98. The summed E-state index contributed by atoms with van der Waals surface area (Å²) in [5.41, 5.74) is 1.24. The van der Waals surface area contributed by atoms with Gasteiger partial charge in [-0.2, -0.15) is 0 Å². The van der Waals surface area contributed by atoms with Crippen LogP contribution in [0.3, 0.4) is 0 Å². The van der Waals surface area contributed by atoms with Gasteiger partial charge in [-0.3, -0.25) is 4.79 Å². The van der Waals surface area contributed by atoms with E-state index in [1.807, 2.05) is 25.1 Å². The molecular formula is C16H11ClFNOS.